The van der Waals surface area contributed by atoms with E-state index in [2.05, 4.69) is 21.4 Å². The summed E-state index contributed by atoms with van der Waals surface area (Å²) >= 11 is 0. The minimum absolute atomic E-state index is 0.179. The van der Waals surface area contributed by atoms with Crippen LogP contribution in [0.15, 0.2) is 36.7 Å². The Bertz CT molecular complexity index is 828. The fourth-order valence-corrected chi connectivity index (χ4v) is 2.94. The second kappa shape index (κ2) is 7.89. The van der Waals surface area contributed by atoms with Crippen LogP contribution < -0.4 is 10.2 Å². The molecule has 1 aromatic carbocycles. The molecule has 7 nitrogen and oxygen atoms in total. The zero-order valence-electron chi connectivity index (χ0n) is 14.4. The van der Waals surface area contributed by atoms with Crippen LogP contribution in [-0.4, -0.2) is 53.0 Å². The van der Waals surface area contributed by atoms with Gasteiger partial charge >= 0.3 is 0 Å². The van der Waals surface area contributed by atoms with Crippen molar-refractivity contribution in [1.29, 1.82) is 5.26 Å². The van der Waals surface area contributed by atoms with E-state index in [1.165, 1.54) is 18.3 Å². The van der Waals surface area contributed by atoms with Crippen molar-refractivity contribution in [2.24, 2.45) is 0 Å². The molecular weight excluding hydrogens is 335 g/mol. The first-order valence-corrected chi connectivity index (χ1v) is 8.35. The smallest absolute Gasteiger partial charge is 0.241 e. The highest BCUT2D eigenvalue weighted by Crippen LogP contribution is 2.18. The number of nitrogens with zero attached hydrogens (tertiary/aromatic N) is 5. The van der Waals surface area contributed by atoms with Gasteiger partial charge in [0, 0.05) is 44.3 Å². The minimum Gasteiger partial charge on any atom is -0.352 e. The Kier molecular flexibility index (Phi) is 5.39. The summed E-state index contributed by atoms with van der Waals surface area (Å²) in [4.78, 5) is 24.8. The summed E-state index contributed by atoms with van der Waals surface area (Å²) in [6.45, 7) is 4.42. The highest BCUT2D eigenvalue weighted by molar-refractivity contribution is 5.94. The highest BCUT2D eigenvalue weighted by atomic mass is 19.1. The van der Waals surface area contributed by atoms with Crippen LogP contribution in [0.5, 0.6) is 0 Å². The molecule has 1 atom stereocenters. The van der Waals surface area contributed by atoms with Crippen LogP contribution in [0.25, 0.3) is 0 Å². The van der Waals surface area contributed by atoms with Crippen LogP contribution in [-0.2, 0) is 4.79 Å². The van der Waals surface area contributed by atoms with Gasteiger partial charge in [0.1, 0.15) is 11.9 Å². The minimum atomic E-state index is -0.388. The summed E-state index contributed by atoms with van der Waals surface area (Å²) in [7, 11) is 0. The van der Waals surface area contributed by atoms with E-state index in [0.717, 1.165) is 0 Å². The third-order valence-electron chi connectivity index (χ3n) is 4.42. The van der Waals surface area contributed by atoms with E-state index in [-0.39, 0.29) is 17.8 Å². The number of nitriles is 1. The number of hydrogen-bond donors (Lipinski definition) is 1. The fraction of sp³-hybridized carbons (Fsp3) is 0.333. The standard InChI is InChI=1S/C18H19FN6O/c1-13(18(26)23-15-4-2-3-14(19)11-15)24-7-9-25(10-8-24)17-16(12-20)21-5-6-22-17/h2-6,11,13H,7-10H2,1H3,(H,23,26). The highest BCUT2D eigenvalue weighted by Gasteiger charge is 2.27. The van der Waals surface area contributed by atoms with Gasteiger partial charge in [-0.05, 0) is 25.1 Å². The van der Waals surface area contributed by atoms with Crippen molar-refractivity contribution in [2.75, 3.05) is 36.4 Å². The van der Waals surface area contributed by atoms with Gasteiger partial charge in [0.05, 0.1) is 6.04 Å². The van der Waals surface area contributed by atoms with E-state index in [1.54, 1.807) is 18.3 Å². The molecule has 2 aromatic rings. The largest absolute Gasteiger partial charge is 0.352 e. The lowest BCUT2D eigenvalue weighted by atomic mass is 10.2. The van der Waals surface area contributed by atoms with Crippen LogP contribution in [0.2, 0.25) is 0 Å². The van der Waals surface area contributed by atoms with Crippen molar-refractivity contribution in [3.8, 4) is 6.07 Å². The lowest BCUT2D eigenvalue weighted by molar-refractivity contribution is -0.120. The van der Waals surface area contributed by atoms with Crippen molar-refractivity contribution >= 4 is 17.4 Å². The van der Waals surface area contributed by atoms with Gasteiger partial charge in [-0.15, -0.1) is 0 Å². The number of carbonyl (C=O) groups excluding carboxylic acids is 1. The van der Waals surface area contributed by atoms with Gasteiger partial charge in [0.25, 0.3) is 0 Å². The predicted molar refractivity (Wildman–Crippen MR) is 95.0 cm³/mol. The third-order valence-corrected chi connectivity index (χ3v) is 4.42. The molecule has 0 spiro atoms. The molecule has 26 heavy (non-hydrogen) atoms. The van der Waals surface area contributed by atoms with Gasteiger partial charge in [-0.3, -0.25) is 9.69 Å². The Balaban J connectivity index is 1.59. The Morgan fingerprint density at radius 2 is 2.00 bits per heavy atom. The molecule has 1 aliphatic rings. The van der Waals surface area contributed by atoms with E-state index < -0.39 is 0 Å². The molecule has 2 heterocycles. The molecule has 0 aliphatic carbocycles. The van der Waals surface area contributed by atoms with Crippen LogP contribution >= 0.6 is 0 Å². The number of aromatic nitrogens is 2. The van der Waals surface area contributed by atoms with Crippen molar-refractivity contribution in [3.63, 3.8) is 0 Å². The Morgan fingerprint density at radius 3 is 2.69 bits per heavy atom. The molecule has 134 valence electrons. The van der Waals surface area contributed by atoms with E-state index >= 15 is 0 Å². The molecule has 0 saturated carbocycles. The Morgan fingerprint density at radius 1 is 1.27 bits per heavy atom. The maximum Gasteiger partial charge on any atom is 0.241 e. The van der Waals surface area contributed by atoms with Gasteiger partial charge in [0.2, 0.25) is 5.91 Å². The molecule has 0 radical (unpaired) electrons. The predicted octanol–water partition coefficient (Wildman–Crippen LogP) is 1.64. The van der Waals surface area contributed by atoms with Gasteiger partial charge in [-0.25, -0.2) is 14.4 Å². The number of amides is 1. The number of anilines is 2. The summed E-state index contributed by atoms with van der Waals surface area (Å²) < 4.78 is 13.2. The van der Waals surface area contributed by atoms with E-state index in [0.29, 0.717) is 43.4 Å². The normalized spacial score (nSPS) is 16.0. The Labute approximate surface area is 151 Å². The second-order valence-corrected chi connectivity index (χ2v) is 6.04. The van der Waals surface area contributed by atoms with E-state index in [9.17, 15) is 9.18 Å². The van der Waals surface area contributed by atoms with Crippen LogP contribution in [0.4, 0.5) is 15.9 Å². The van der Waals surface area contributed by atoms with Gasteiger partial charge < -0.3 is 10.2 Å². The zero-order chi connectivity index (χ0) is 18.5. The molecule has 1 N–H and O–H groups in total. The van der Waals surface area contributed by atoms with Crippen molar-refractivity contribution < 1.29 is 9.18 Å². The molecule has 1 unspecified atom stereocenters. The molecule has 3 rings (SSSR count). The quantitative estimate of drug-likeness (QED) is 0.898. The maximum absolute atomic E-state index is 13.2. The average Bonchev–Trinajstić information content (AvgIpc) is 2.67. The molecule has 1 amide bonds. The SMILES string of the molecule is CC(C(=O)Nc1cccc(F)c1)N1CCN(c2nccnc2C#N)CC1. The third kappa shape index (κ3) is 3.95. The molecule has 1 fully saturated rings. The van der Waals surface area contributed by atoms with Crippen molar-refractivity contribution in [3.05, 3.63) is 48.2 Å². The number of piperazine rings is 1. The number of halogens is 1. The second-order valence-electron chi connectivity index (χ2n) is 6.04. The molecule has 8 heteroatoms. The van der Waals surface area contributed by atoms with Gasteiger partial charge in [-0.2, -0.15) is 5.26 Å². The number of nitrogens with one attached hydrogen (secondary N) is 1. The molecular formula is C18H19FN6O. The number of rotatable bonds is 4. The summed E-state index contributed by atoms with van der Waals surface area (Å²) in [6.07, 6.45) is 3.06. The number of carbonyl (C=O) groups is 1. The van der Waals surface area contributed by atoms with Crippen LogP contribution in [0.1, 0.15) is 12.6 Å². The summed E-state index contributed by atoms with van der Waals surface area (Å²) in [5, 5.41) is 11.9. The first-order chi connectivity index (χ1) is 12.6. The monoisotopic (exact) mass is 354 g/mol. The maximum atomic E-state index is 13.2. The average molecular weight is 354 g/mol. The van der Waals surface area contributed by atoms with Crippen molar-refractivity contribution in [1.82, 2.24) is 14.9 Å². The lowest BCUT2D eigenvalue weighted by Gasteiger charge is -2.37. The van der Waals surface area contributed by atoms with Crippen molar-refractivity contribution in [2.45, 2.75) is 13.0 Å². The zero-order valence-corrected chi connectivity index (χ0v) is 14.4. The lowest BCUT2D eigenvalue weighted by Crippen LogP contribution is -2.53. The molecule has 1 saturated heterocycles. The molecule has 0 bridgehead atoms. The van der Waals surface area contributed by atoms with E-state index in [1.807, 2.05) is 16.7 Å². The number of benzene rings is 1. The van der Waals surface area contributed by atoms with Gasteiger partial charge in [-0.1, -0.05) is 6.07 Å². The summed E-state index contributed by atoms with van der Waals surface area (Å²) in [5.74, 6) is 0.00844. The molecule has 1 aliphatic heterocycles. The van der Waals surface area contributed by atoms with Gasteiger partial charge in [0.15, 0.2) is 11.5 Å². The molecule has 1 aromatic heterocycles. The first kappa shape index (κ1) is 17.8. The topological polar surface area (TPSA) is 85.2 Å². The van der Waals surface area contributed by atoms with Crippen LogP contribution in [0, 0.1) is 17.1 Å². The summed E-state index contributed by atoms with van der Waals surface area (Å²) in [5.41, 5.74) is 0.747. The Hall–Kier alpha value is -3.05. The van der Waals surface area contributed by atoms with E-state index in [4.69, 9.17) is 5.26 Å². The first-order valence-electron chi connectivity index (χ1n) is 8.35. The van der Waals surface area contributed by atoms with Crippen LogP contribution in [0.3, 0.4) is 0 Å². The number of hydrogen-bond acceptors (Lipinski definition) is 6. The fourth-order valence-electron chi connectivity index (χ4n) is 2.94. The summed E-state index contributed by atoms with van der Waals surface area (Å²) in [6, 6.07) is 7.54.